The van der Waals surface area contributed by atoms with Gasteiger partial charge in [0.2, 0.25) is 0 Å². The van der Waals surface area contributed by atoms with Crippen molar-refractivity contribution in [2.24, 2.45) is 11.8 Å². The van der Waals surface area contributed by atoms with Crippen LogP contribution in [0.4, 0.5) is 0 Å². The molecule has 0 N–H and O–H groups in total. The Labute approximate surface area is 133 Å². The predicted molar refractivity (Wildman–Crippen MR) is 84.5 cm³/mol. The lowest BCUT2D eigenvalue weighted by Crippen LogP contribution is -2.33. The summed E-state index contributed by atoms with van der Waals surface area (Å²) in [6, 6.07) is 4.15. The molecule has 0 bridgehead atoms. The van der Waals surface area contributed by atoms with Crippen LogP contribution in [0.25, 0.3) is 0 Å². The van der Waals surface area contributed by atoms with E-state index in [9.17, 15) is 4.79 Å². The van der Waals surface area contributed by atoms with E-state index >= 15 is 0 Å². The number of pyridine rings is 1. The molecule has 1 amide bonds. The second-order valence-corrected chi connectivity index (χ2v) is 6.87. The molecule has 0 aromatic carbocycles. The first kappa shape index (κ1) is 13.8. The van der Waals surface area contributed by atoms with Gasteiger partial charge in [-0.25, -0.2) is 4.98 Å². The summed E-state index contributed by atoms with van der Waals surface area (Å²) in [6.07, 6.45) is 3.70. The number of hydrogen-bond donors (Lipinski definition) is 0. The Morgan fingerprint density at radius 2 is 1.91 bits per heavy atom. The molecule has 0 spiro atoms. The lowest BCUT2D eigenvalue weighted by Gasteiger charge is -2.21. The summed E-state index contributed by atoms with van der Waals surface area (Å²) in [4.78, 5) is 25.0. The smallest absolute Gasteiger partial charge is 0.273 e. The Balaban J connectivity index is 1.36. The van der Waals surface area contributed by atoms with Gasteiger partial charge in [-0.15, -0.1) is 11.3 Å². The van der Waals surface area contributed by atoms with Crippen LogP contribution in [0.3, 0.4) is 0 Å². The number of likely N-dealkylation sites (tertiary alicyclic amines) is 2. The minimum Gasteiger partial charge on any atom is -0.337 e. The number of amides is 1. The van der Waals surface area contributed by atoms with Gasteiger partial charge < -0.3 is 4.90 Å². The Morgan fingerprint density at radius 3 is 2.55 bits per heavy atom. The predicted octanol–water partition coefficient (Wildman–Crippen LogP) is 1.74. The van der Waals surface area contributed by atoms with Gasteiger partial charge in [0.15, 0.2) is 0 Å². The van der Waals surface area contributed by atoms with E-state index in [-0.39, 0.29) is 5.91 Å². The average Bonchev–Trinajstić information content (AvgIpc) is 3.23. The van der Waals surface area contributed by atoms with Gasteiger partial charge in [0.25, 0.3) is 5.91 Å². The van der Waals surface area contributed by atoms with E-state index in [1.165, 1.54) is 16.9 Å². The molecule has 114 valence electrons. The standard InChI is InChI=1S/C16H18N4OS/c21-16(15-10-22-11-18-15)20-8-13-6-19(7-14(13)9-20)5-12-1-3-17-4-2-12/h1-4,10-11,13-14H,5-9H2/t13-,14+. The zero-order chi connectivity index (χ0) is 14.9. The maximum atomic E-state index is 12.4. The number of thiazole rings is 1. The molecule has 2 aliphatic heterocycles. The molecule has 2 aromatic rings. The monoisotopic (exact) mass is 314 g/mol. The van der Waals surface area contributed by atoms with E-state index in [0.29, 0.717) is 17.5 Å². The lowest BCUT2D eigenvalue weighted by atomic mass is 10.0. The van der Waals surface area contributed by atoms with Crippen LogP contribution < -0.4 is 0 Å². The number of carbonyl (C=O) groups is 1. The normalized spacial score (nSPS) is 24.6. The van der Waals surface area contributed by atoms with Crippen molar-refractivity contribution in [3.8, 4) is 0 Å². The Bertz CT molecular complexity index is 631. The molecule has 0 aliphatic carbocycles. The van der Waals surface area contributed by atoms with Gasteiger partial charge in [0, 0.05) is 50.5 Å². The molecule has 22 heavy (non-hydrogen) atoms. The molecule has 2 aromatic heterocycles. The average molecular weight is 314 g/mol. The highest BCUT2D eigenvalue weighted by atomic mass is 32.1. The molecule has 0 saturated carbocycles. The van der Waals surface area contributed by atoms with Crippen LogP contribution in [0.1, 0.15) is 16.1 Å². The van der Waals surface area contributed by atoms with E-state index in [1.807, 2.05) is 22.7 Å². The molecular formula is C16H18N4OS. The van der Waals surface area contributed by atoms with Crippen LogP contribution in [-0.4, -0.2) is 51.9 Å². The number of nitrogens with zero attached hydrogens (tertiary/aromatic N) is 4. The van der Waals surface area contributed by atoms with Crippen LogP contribution in [0, 0.1) is 11.8 Å². The fourth-order valence-electron chi connectivity index (χ4n) is 3.61. The van der Waals surface area contributed by atoms with Gasteiger partial charge in [-0.2, -0.15) is 0 Å². The molecule has 2 fully saturated rings. The highest BCUT2D eigenvalue weighted by Crippen LogP contribution is 2.32. The van der Waals surface area contributed by atoms with Crippen LogP contribution in [-0.2, 0) is 6.54 Å². The van der Waals surface area contributed by atoms with Gasteiger partial charge in [0.1, 0.15) is 5.69 Å². The highest BCUT2D eigenvalue weighted by Gasteiger charge is 2.41. The van der Waals surface area contributed by atoms with Gasteiger partial charge in [-0.1, -0.05) is 0 Å². The van der Waals surface area contributed by atoms with Crippen LogP contribution in [0.5, 0.6) is 0 Å². The first-order valence-electron chi connectivity index (χ1n) is 7.58. The van der Waals surface area contributed by atoms with Crippen molar-refractivity contribution < 1.29 is 4.79 Å². The topological polar surface area (TPSA) is 49.3 Å². The van der Waals surface area contributed by atoms with Gasteiger partial charge >= 0.3 is 0 Å². The molecule has 4 heterocycles. The van der Waals surface area contributed by atoms with Crippen LogP contribution in [0.2, 0.25) is 0 Å². The summed E-state index contributed by atoms with van der Waals surface area (Å²) in [6.45, 7) is 4.87. The fraction of sp³-hybridized carbons (Fsp3) is 0.438. The summed E-state index contributed by atoms with van der Waals surface area (Å²) in [5.74, 6) is 1.30. The summed E-state index contributed by atoms with van der Waals surface area (Å²) in [7, 11) is 0. The van der Waals surface area contributed by atoms with Gasteiger partial charge in [-0.3, -0.25) is 14.7 Å². The van der Waals surface area contributed by atoms with E-state index in [2.05, 4.69) is 27.0 Å². The third kappa shape index (κ3) is 2.64. The third-order valence-electron chi connectivity index (χ3n) is 4.66. The molecule has 2 atom stereocenters. The van der Waals surface area contributed by atoms with Crippen LogP contribution in [0.15, 0.2) is 35.4 Å². The summed E-state index contributed by atoms with van der Waals surface area (Å²) < 4.78 is 0. The van der Waals surface area contributed by atoms with Crippen molar-refractivity contribution in [2.75, 3.05) is 26.2 Å². The SMILES string of the molecule is O=C(c1cscn1)N1C[C@H]2CN(Cc3ccncc3)C[C@H]2C1. The Hall–Kier alpha value is -1.79. The minimum absolute atomic E-state index is 0.0938. The molecule has 5 nitrogen and oxygen atoms in total. The first-order chi connectivity index (χ1) is 10.8. The van der Waals surface area contributed by atoms with E-state index < -0.39 is 0 Å². The van der Waals surface area contributed by atoms with Crippen LogP contribution >= 0.6 is 11.3 Å². The molecular weight excluding hydrogens is 296 g/mol. The zero-order valence-corrected chi connectivity index (χ0v) is 13.1. The number of rotatable bonds is 3. The first-order valence-corrected chi connectivity index (χ1v) is 8.52. The number of carbonyl (C=O) groups excluding carboxylic acids is 1. The van der Waals surface area contributed by atoms with Crippen molar-refractivity contribution in [3.05, 3.63) is 46.7 Å². The molecule has 2 saturated heterocycles. The molecule has 6 heteroatoms. The second kappa shape index (κ2) is 5.78. The maximum absolute atomic E-state index is 12.4. The largest absolute Gasteiger partial charge is 0.337 e. The summed E-state index contributed by atoms with van der Waals surface area (Å²) in [5, 5.41) is 1.84. The Morgan fingerprint density at radius 1 is 1.18 bits per heavy atom. The van der Waals surface area contributed by atoms with Gasteiger partial charge in [-0.05, 0) is 29.5 Å². The summed E-state index contributed by atoms with van der Waals surface area (Å²) in [5.41, 5.74) is 3.63. The Kier molecular flexibility index (Phi) is 3.63. The number of aromatic nitrogens is 2. The van der Waals surface area contributed by atoms with Crippen molar-refractivity contribution in [1.29, 1.82) is 0 Å². The van der Waals surface area contributed by atoms with Crippen molar-refractivity contribution >= 4 is 17.2 Å². The van der Waals surface area contributed by atoms with E-state index in [1.54, 1.807) is 5.51 Å². The minimum atomic E-state index is 0.0938. The van der Waals surface area contributed by atoms with Gasteiger partial charge in [0.05, 0.1) is 5.51 Å². The number of fused-ring (bicyclic) bond motifs is 1. The van der Waals surface area contributed by atoms with E-state index in [0.717, 1.165) is 32.7 Å². The zero-order valence-electron chi connectivity index (χ0n) is 12.3. The third-order valence-corrected chi connectivity index (χ3v) is 5.24. The molecule has 0 unspecified atom stereocenters. The quantitative estimate of drug-likeness (QED) is 0.866. The molecule has 2 aliphatic rings. The molecule has 4 rings (SSSR count). The van der Waals surface area contributed by atoms with Crippen molar-refractivity contribution in [3.63, 3.8) is 0 Å². The number of hydrogen-bond acceptors (Lipinski definition) is 5. The molecule has 0 radical (unpaired) electrons. The second-order valence-electron chi connectivity index (χ2n) is 6.15. The van der Waals surface area contributed by atoms with Crippen molar-refractivity contribution in [1.82, 2.24) is 19.8 Å². The lowest BCUT2D eigenvalue weighted by molar-refractivity contribution is 0.0768. The maximum Gasteiger partial charge on any atom is 0.273 e. The van der Waals surface area contributed by atoms with Crippen molar-refractivity contribution in [2.45, 2.75) is 6.54 Å². The fourth-order valence-corrected chi connectivity index (χ4v) is 4.14. The van der Waals surface area contributed by atoms with E-state index in [4.69, 9.17) is 0 Å². The summed E-state index contributed by atoms with van der Waals surface area (Å²) >= 11 is 1.48. The highest BCUT2D eigenvalue weighted by molar-refractivity contribution is 7.07.